The maximum absolute atomic E-state index is 5.88. The third kappa shape index (κ3) is 5.30. The first-order chi connectivity index (χ1) is 17.3. The van der Waals surface area contributed by atoms with Crippen molar-refractivity contribution in [2.45, 2.75) is 6.54 Å². The molecule has 4 aromatic carbocycles. The summed E-state index contributed by atoms with van der Waals surface area (Å²) in [6.45, 7) is 3.78. The van der Waals surface area contributed by atoms with E-state index in [4.69, 9.17) is 14.2 Å². The van der Waals surface area contributed by atoms with E-state index in [1.54, 1.807) is 7.11 Å². The average molecular weight is 466 g/mol. The Kier molecular flexibility index (Phi) is 7.54. The second-order valence-corrected chi connectivity index (χ2v) is 8.57. The number of benzene rings is 4. The van der Waals surface area contributed by atoms with Crippen LogP contribution < -0.4 is 0 Å². The Morgan fingerprint density at radius 1 is 0.514 bits per heavy atom. The van der Waals surface area contributed by atoms with Crippen LogP contribution in [0.15, 0.2) is 97.1 Å². The second kappa shape index (κ2) is 11.3. The molecule has 178 valence electrons. The van der Waals surface area contributed by atoms with Crippen LogP contribution in [0.3, 0.4) is 0 Å². The summed E-state index contributed by atoms with van der Waals surface area (Å²) in [6, 6.07) is 34.7. The smallest absolute Gasteiger partial charge is 0.0701 e. The molecule has 5 aromatic rings. The number of nitrogens with zero attached hydrogens (tertiary/aromatic N) is 1. The zero-order valence-electron chi connectivity index (χ0n) is 20.2. The van der Waals surface area contributed by atoms with Crippen LogP contribution >= 0.6 is 0 Å². The van der Waals surface area contributed by atoms with E-state index in [2.05, 4.69) is 102 Å². The average Bonchev–Trinajstić information content (AvgIpc) is 3.23. The number of aromatic nitrogens is 1. The number of rotatable bonds is 11. The van der Waals surface area contributed by atoms with Crippen molar-refractivity contribution in [2.24, 2.45) is 0 Å². The molecular weight excluding hydrogens is 434 g/mol. The summed E-state index contributed by atoms with van der Waals surface area (Å²) in [7, 11) is 1.68. The highest BCUT2D eigenvalue weighted by Crippen LogP contribution is 2.35. The van der Waals surface area contributed by atoms with E-state index in [9.17, 15) is 0 Å². The SMILES string of the molecule is COCCOCCOCCn1c2ccc(-c3ccccc3)cc2c2cc(-c3ccccc3)ccc21. The molecule has 4 heteroatoms. The zero-order chi connectivity index (χ0) is 23.9. The van der Waals surface area contributed by atoms with Crippen LogP contribution in [0.25, 0.3) is 44.1 Å². The summed E-state index contributed by atoms with van der Waals surface area (Å²) < 4.78 is 18.8. The summed E-state index contributed by atoms with van der Waals surface area (Å²) in [5, 5.41) is 2.53. The van der Waals surface area contributed by atoms with Gasteiger partial charge in [-0.1, -0.05) is 72.8 Å². The van der Waals surface area contributed by atoms with Crippen molar-refractivity contribution >= 4 is 21.8 Å². The molecule has 4 nitrogen and oxygen atoms in total. The number of hydrogen-bond donors (Lipinski definition) is 0. The van der Waals surface area contributed by atoms with Gasteiger partial charge in [0.25, 0.3) is 0 Å². The number of fused-ring (bicyclic) bond motifs is 3. The van der Waals surface area contributed by atoms with E-state index in [0.29, 0.717) is 33.0 Å². The standard InChI is InChI=1S/C31H31NO3/c1-33-18-19-35-21-20-34-17-16-32-30-14-12-26(24-8-4-2-5-9-24)22-28(30)29-23-27(13-15-31(29)32)25-10-6-3-7-11-25/h2-15,22-23H,16-21H2,1H3. The molecule has 0 spiro atoms. The first-order valence-corrected chi connectivity index (χ1v) is 12.2. The van der Waals surface area contributed by atoms with Gasteiger partial charge in [0.2, 0.25) is 0 Å². The fourth-order valence-electron chi connectivity index (χ4n) is 4.59. The Morgan fingerprint density at radius 2 is 1.00 bits per heavy atom. The highest BCUT2D eigenvalue weighted by molar-refractivity contribution is 6.10. The molecule has 0 saturated heterocycles. The molecule has 0 fully saturated rings. The summed E-state index contributed by atoms with van der Waals surface area (Å²) in [5.41, 5.74) is 7.37. The van der Waals surface area contributed by atoms with Crippen molar-refractivity contribution in [2.75, 3.05) is 40.1 Å². The van der Waals surface area contributed by atoms with Gasteiger partial charge in [-0.25, -0.2) is 0 Å². The molecular formula is C31H31NO3. The molecule has 0 atom stereocenters. The van der Waals surface area contributed by atoms with E-state index >= 15 is 0 Å². The van der Waals surface area contributed by atoms with Gasteiger partial charge in [0.1, 0.15) is 0 Å². The molecule has 0 bridgehead atoms. The Bertz CT molecular complexity index is 1280. The summed E-state index contributed by atoms with van der Waals surface area (Å²) in [4.78, 5) is 0. The quantitative estimate of drug-likeness (QED) is 0.201. The highest BCUT2D eigenvalue weighted by atomic mass is 16.5. The van der Waals surface area contributed by atoms with Crippen molar-refractivity contribution in [1.82, 2.24) is 4.57 Å². The van der Waals surface area contributed by atoms with Gasteiger partial charge in [-0.05, 0) is 46.5 Å². The van der Waals surface area contributed by atoms with Crippen LogP contribution in [0.1, 0.15) is 0 Å². The lowest BCUT2D eigenvalue weighted by Crippen LogP contribution is -2.11. The lowest BCUT2D eigenvalue weighted by molar-refractivity contribution is 0.0234. The Labute approximate surface area is 206 Å². The lowest BCUT2D eigenvalue weighted by Gasteiger charge is -2.10. The summed E-state index contributed by atoms with van der Waals surface area (Å²) in [6.07, 6.45) is 0. The number of methoxy groups -OCH3 is 1. The minimum Gasteiger partial charge on any atom is -0.382 e. The Morgan fingerprint density at radius 3 is 1.51 bits per heavy atom. The van der Waals surface area contributed by atoms with Crippen molar-refractivity contribution in [3.8, 4) is 22.3 Å². The molecule has 0 aliphatic carbocycles. The van der Waals surface area contributed by atoms with Crippen LogP contribution in [0.4, 0.5) is 0 Å². The lowest BCUT2D eigenvalue weighted by atomic mass is 10.0. The maximum Gasteiger partial charge on any atom is 0.0701 e. The third-order valence-corrected chi connectivity index (χ3v) is 6.34. The minimum absolute atomic E-state index is 0.581. The van der Waals surface area contributed by atoms with Crippen LogP contribution in [-0.2, 0) is 20.8 Å². The molecule has 0 aliphatic rings. The minimum atomic E-state index is 0.581. The zero-order valence-corrected chi connectivity index (χ0v) is 20.2. The maximum atomic E-state index is 5.88. The molecule has 5 rings (SSSR count). The normalized spacial score (nSPS) is 11.5. The van der Waals surface area contributed by atoms with E-state index in [1.807, 2.05) is 0 Å². The number of ether oxygens (including phenoxy) is 3. The fraction of sp³-hybridized carbons (Fsp3) is 0.226. The van der Waals surface area contributed by atoms with Gasteiger partial charge in [0, 0.05) is 35.5 Å². The van der Waals surface area contributed by atoms with Gasteiger partial charge in [0.05, 0.1) is 33.0 Å². The van der Waals surface area contributed by atoms with Crippen molar-refractivity contribution < 1.29 is 14.2 Å². The fourth-order valence-corrected chi connectivity index (χ4v) is 4.59. The van der Waals surface area contributed by atoms with Gasteiger partial charge in [-0.3, -0.25) is 0 Å². The highest BCUT2D eigenvalue weighted by Gasteiger charge is 2.13. The van der Waals surface area contributed by atoms with Gasteiger partial charge in [0.15, 0.2) is 0 Å². The molecule has 0 unspecified atom stereocenters. The topological polar surface area (TPSA) is 32.6 Å². The largest absolute Gasteiger partial charge is 0.382 e. The van der Waals surface area contributed by atoms with Crippen LogP contribution in [-0.4, -0.2) is 44.7 Å². The van der Waals surface area contributed by atoms with Gasteiger partial charge in [-0.15, -0.1) is 0 Å². The van der Waals surface area contributed by atoms with E-state index in [-0.39, 0.29) is 0 Å². The molecule has 0 amide bonds. The third-order valence-electron chi connectivity index (χ3n) is 6.34. The van der Waals surface area contributed by atoms with Gasteiger partial charge < -0.3 is 18.8 Å². The van der Waals surface area contributed by atoms with Crippen molar-refractivity contribution in [1.29, 1.82) is 0 Å². The van der Waals surface area contributed by atoms with Crippen molar-refractivity contribution in [3.05, 3.63) is 97.1 Å². The second-order valence-electron chi connectivity index (χ2n) is 8.57. The van der Waals surface area contributed by atoms with E-state index < -0.39 is 0 Å². The molecule has 0 radical (unpaired) electrons. The molecule has 0 aliphatic heterocycles. The van der Waals surface area contributed by atoms with Crippen LogP contribution in [0.5, 0.6) is 0 Å². The molecule has 0 saturated carbocycles. The first-order valence-electron chi connectivity index (χ1n) is 12.2. The Hall–Kier alpha value is -3.44. The van der Waals surface area contributed by atoms with E-state index in [1.165, 1.54) is 44.1 Å². The number of hydrogen-bond acceptors (Lipinski definition) is 3. The summed E-state index contributed by atoms with van der Waals surface area (Å²) in [5.74, 6) is 0. The molecule has 0 N–H and O–H groups in total. The van der Waals surface area contributed by atoms with Gasteiger partial charge >= 0.3 is 0 Å². The Balaban J connectivity index is 1.47. The van der Waals surface area contributed by atoms with Crippen molar-refractivity contribution in [3.63, 3.8) is 0 Å². The van der Waals surface area contributed by atoms with Crippen LogP contribution in [0.2, 0.25) is 0 Å². The predicted molar refractivity (Wildman–Crippen MR) is 144 cm³/mol. The molecule has 35 heavy (non-hydrogen) atoms. The monoisotopic (exact) mass is 465 g/mol. The van der Waals surface area contributed by atoms with Crippen LogP contribution in [0, 0.1) is 0 Å². The molecule has 1 aromatic heterocycles. The molecule has 1 heterocycles. The van der Waals surface area contributed by atoms with Gasteiger partial charge in [-0.2, -0.15) is 0 Å². The summed E-state index contributed by atoms with van der Waals surface area (Å²) >= 11 is 0. The first kappa shape index (κ1) is 23.3. The predicted octanol–water partition coefficient (Wildman–Crippen LogP) is 6.81. The van der Waals surface area contributed by atoms with E-state index in [0.717, 1.165) is 6.54 Å².